The van der Waals surface area contributed by atoms with E-state index < -0.39 is 0 Å². The number of carbonyl (C=O) groups is 1. The molecule has 0 unspecified atom stereocenters. The van der Waals surface area contributed by atoms with Crippen molar-refractivity contribution in [3.63, 3.8) is 0 Å². The lowest BCUT2D eigenvalue weighted by molar-refractivity contribution is -0.138. The normalized spacial score (nSPS) is 34.8. The van der Waals surface area contributed by atoms with Crippen molar-refractivity contribution >= 4 is 5.91 Å². The van der Waals surface area contributed by atoms with Gasteiger partial charge in [-0.1, -0.05) is 26.7 Å². The monoisotopic (exact) mass is 282 g/mol. The van der Waals surface area contributed by atoms with Crippen LogP contribution in [-0.2, 0) is 9.53 Å². The summed E-state index contributed by atoms with van der Waals surface area (Å²) in [5.74, 6) is 1.46. The fourth-order valence-electron chi connectivity index (χ4n) is 3.64. The molecule has 0 aromatic heterocycles. The topological polar surface area (TPSA) is 32.8 Å². The van der Waals surface area contributed by atoms with Crippen LogP contribution in [0.15, 0.2) is 0 Å². The number of rotatable bonds is 4. The lowest BCUT2D eigenvalue weighted by Crippen LogP contribution is -2.37. The fraction of sp³-hybridized carbons (Fsp3) is 0.938. The van der Waals surface area contributed by atoms with E-state index in [0.717, 1.165) is 31.8 Å². The van der Waals surface area contributed by atoms with Crippen LogP contribution in [0, 0.1) is 11.8 Å². The zero-order chi connectivity index (χ0) is 14.7. The number of nitrogens with zero attached hydrogens (tertiary/aromatic N) is 2. The SMILES string of the molecule is C[C@@H]1CCC[C@H](OCC(=O)N2C[C@H](C)[C@@H](N(C)C)C2)C1. The van der Waals surface area contributed by atoms with Crippen molar-refractivity contribution in [1.82, 2.24) is 9.80 Å². The Hall–Kier alpha value is -0.610. The van der Waals surface area contributed by atoms with E-state index in [0.29, 0.717) is 18.1 Å². The highest BCUT2D eigenvalue weighted by Crippen LogP contribution is 2.26. The Morgan fingerprint density at radius 2 is 2.00 bits per heavy atom. The molecule has 1 amide bonds. The van der Waals surface area contributed by atoms with E-state index in [1.165, 1.54) is 12.8 Å². The van der Waals surface area contributed by atoms with Gasteiger partial charge in [0.15, 0.2) is 0 Å². The third kappa shape index (κ3) is 3.95. The first kappa shape index (κ1) is 15.8. The summed E-state index contributed by atoms with van der Waals surface area (Å²) in [6, 6.07) is 0.480. The van der Waals surface area contributed by atoms with Gasteiger partial charge < -0.3 is 14.5 Å². The van der Waals surface area contributed by atoms with Gasteiger partial charge in [-0.3, -0.25) is 4.79 Å². The molecule has 4 nitrogen and oxygen atoms in total. The van der Waals surface area contributed by atoms with Gasteiger partial charge in [0.05, 0.1) is 6.10 Å². The Morgan fingerprint density at radius 3 is 2.60 bits per heavy atom. The Balaban J connectivity index is 1.75. The van der Waals surface area contributed by atoms with E-state index >= 15 is 0 Å². The van der Waals surface area contributed by atoms with Crippen molar-refractivity contribution in [1.29, 1.82) is 0 Å². The molecule has 0 spiro atoms. The molecule has 1 saturated carbocycles. The summed E-state index contributed by atoms with van der Waals surface area (Å²) in [4.78, 5) is 16.5. The smallest absolute Gasteiger partial charge is 0.248 e. The molecule has 1 heterocycles. The number of likely N-dealkylation sites (tertiary alicyclic amines) is 1. The van der Waals surface area contributed by atoms with Crippen molar-refractivity contribution in [3.8, 4) is 0 Å². The van der Waals surface area contributed by atoms with Crippen LogP contribution in [0.3, 0.4) is 0 Å². The van der Waals surface area contributed by atoms with E-state index in [4.69, 9.17) is 4.74 Å². The molecule has 0 N–H and O–H groups in total. The standard InChI is InChI=1S/C16H30N2O2/c1-12-6-5-7-14(8-12)20-11-16(19)18-9-13(2)15(10-18)17(3)4/h12-15H,5-11H2,1-4H3/t12-,13+,14+,15+/m1/s1. The number of likely N-dealkylation sites (N-methyl/N-ethyl adjacent to an activating group) is 1. The maximum absolute atomic E-state index is 12.3. The minimum atomic E-state index is 0.166. The number of hydrogen-bond acceptors (Lipinski definition) is 3. The minimum absolute atomic E-state index is 0.166. The average molecular weight is 282 g/mol. The summed E-state index contributed by atoms with van der Waals surface area (Å²) in [6.45, 7) is 6.48. The molecule has 20 heavy (non-hydrogen) atoms. The first-order chi connectivity index (χ1) is 9.47. The Morgan fingerprint density at radius 1 is 1.25 bits per heavy atom. The molecule has 0 aromatic rings. The van der Waals surface area contributed by atoms with Crippen LogP contribution >= 0.6 is 0 Å². The molecular weight excluding hydrogens is 252 g/mol. The Kier molecular flexibility index (Phi) is 5.44. The molecule has 2 aliphatic rings. The summed E-state index contributed by atoms with van der Waals surface area (Å²) in [6.07, 6.45) is 5.08. The second-order valence-corrected chi connectivity index (χ2v) is 7.01. The highest BCUT2D eigenvalue weighted by atomic mass is 16.5. The van der Waals surface area contributed by atoms with Crippen LogP contribution in [0.2, 0.25) is 0 Å². The molecule has 4 heteroatoms. The van der Waals surface area contributed by atoms with Gasteiger partial charge in [-0.15, -0.1) is 0 Å². The summed E-state index contributed by atoms with van der Waals surface area (Å²) < 4.78 is 5.85. The van der Waals surface area contributed by atoms with Gasteiger partial charge in [-0.25, -0.2) is 0 Å². The second-order valence-electron chi connectivity index (χ2n) is 7.01. The van der Waals surface area contributed by atoms with Crippen molar-refractivity contribution in [2.75, 3.05) is 33.8 Å². The molecule has 2 rings (SSSR count). The molecule has 1 saturated heterocycles. The molecule has 0 aromatic carbocycles. The third-order valence-corrected chi connectivity index (χ3v) is 4.92. The third-order valence-electron chi connectivity index (χ3n) is 4.92. The van der Waals surface area contributed by atoms with E-state index in [1.807, 2.05) is 4.90 Å². The summed E-state index contributed by atoms with van der Waals surface area (Å²) in [5, 5.41) is 0. The lowest BCUT2D eigenvalue weighted by atomic mass is 9.89. The molecular formula is C16H30N2O2. The molecule has 0 bridgehead atoms. The Bertz CT molecular complexity index is 332. The summed E-state index contributed by atoms with van der Waals surface area (Å²) in [5.41, 5.74) is 0. The molecule has 116 valence electrons. The number of amides is 1. The quantitative estimate of drug-likeness (QED) is 0.790. The molecule has 0 radical (unpaired) electrons. The van der Waals surface area contributed by atoms with Crippen LogP contribution in [0.1, 0.15) is 39.5 Å². The maximum atomic E-state index is 12.3. The minimum Gasteiger partial charge on any atom is -0.368 e. The van der Waals surface area contributed by atoms with Gasteiger partial charge >= 0.3 is 0 Å². The van der Waals surface area contributed by atoms with Crippen LogP contribution in [0.5, 0.6) is 0 Å². The largest absolute Gasteiger partial charge is 0.368 e. The van der Waals surface area contributed by atoms with Gasteiger partial charge in [0.1, 0.15) is 6.61 Å². The first-order valence-corrected chi connectivity index (χ1v) is 8.03. The molecule has 1 aliphatic carbocycles. The van der Waals surface area contributed by atoms with Crippen LogP contribution < -0.4 is 0 Å². The molecule has 2 fully saturated rings. The van der Waals surface area contributed by atoms with Gasteiger partial charge in [-0.2, -0.15) is 0 Å². The average Bonchev–Trinajstić information content (AvgIpc) is 2.78. The zero-order valence-corrected chi connectivity index (χ0v) is 13.5. The van der Waals surface area contributed by atoms with Gasteiger partial charge in [-0.05, 0) is 38.8 Å². The summed E-state index contributed by atoms with van der Waals surface area (Å²) >= 11 is 0. The van der Waals surface area contributed by atoms with Crippen LogP contribution in [0.4, 0.5) is 0 Å². The maximum Gasteiger partial charge on any atom is 0.248 e. The lowest BCUT2D eigenvalue weighted by Gasteiger charge is -2.27. The number of hydrogen-bond donors (Lipinski definition) is 0. The number of carbonyl (C=O) groups excluding carboxylic acids is 1. The zero-order valence-electron chi connectivity index (χ0n) is 13.5. The van der Waals surface area contributed by atoms with E-state index in [1.54, 1.807) is 0 Å². The van der Waals surface area contributed by atoms with Crippen molar-refractivity contribution < 1.29 is 9.53 Å². The first-order valence-electron chi connectivity index (χ1n) is 8.03. The Labute approximate surface area is 123 Å². The van der Waals surface area contributed by atoms with E-state index in [9.17, 15) is 4.79 Å². The molecule has 4 atom stereocenters. The van der Waals surface area contributed by atoms with Gasteiger partial charge in [0, 0.05) is 19.1 Å². The summed E-state index contributed by atoms with van der Waals surface area (Å²) in [7, 11) is 4.18. The van der Waals surface area contributed by atoms with Crippen LogP contribution in [0.25, 0.3) is 0 Å². The van der Waals surface area contributed by atoms with Crippen LogP contribution in [-0.4, -0.2) is 61.6 Å². The van der Waals surface area contributed by atoms with Gasteiger partial charge in [0.25, 0.3) is 0 Å². The van der Waals surface area contributed by atoms with Crippen molar-refractivity contribution in [3.05, 3.63) is 0 Å². The van der Waals surface area contributed by atoms with Crippen molar-refractivity contribution in [2.24, 2.45) is 11.8 Å². The van der Waals surface area contributed by atoms with E-state index in [2.05, 4.69) is 32.8 Å². The van der Waals surface area contributed by atoms with Crippen molar-refractivity contribution in [2.45, 2.75) is 51.7 Å². The second kappa shape index (κ2) is 6.90. The number of ether oxygens (including phenoxy) is 1. The van der Waals surface area contributed by atoms with E-state index in [-0.39, 0.29) is 12.5 Å². The predicted octanol–water partition coefficient (Wildman–Crippen LogP) is 1.99. The highest BCUT2D eigenvalue weighted by Gasteiger charge is 2.33. The molecule has 1 aliphatic heterocycles. The highest BCUT2D eigenvalue weighted by molar-refractivity contribution is 5.77. The fourth-order valence-corrected chi connectivity index (χ4v) is 3.64. The predicted molar refractivity (Wildman–Crippen MR) is 80.6 cm³/mol. The van der Waals surface area contributed by atoms with Gasteiger partial charge in [0.2, 0.25) is 5.91 Å².